The Morgan fingerprint density at radius 1 is 1.45 bits per heavy atom. The maximum Gasteiger partial charge on any atom is 0.263 e. The molecule has 20 heavy (non-hydrogen) atoms. The van der Waals surface area contributed by atoms with E-state index < -0.39 is 0 Å². The van der Waals surface area contributed by atoms with Gasteiger partial charge in [0.1, 0.15) is 11.6 Å². The molecule has 0 spiro atoms. The molecule has 0 atom stereocenters. The van der Waals surface area contributed by atoms with Crippen LogP contribution < -0.4 is 15.8 Å². The number of hydrogen-bond acceptors (Lipinski definition) is 4. The normalized spacial score (nSPS) is 10.1. The van der Waals surface area contributed by atoms with Gasteiger partial charge in [-0.3, -0.25) is 4.79 Å². The number of amides is 1. The molecule has 0 aliphatic carbocycles. The van der Waals surface area contributed by atoms with Crippen LogP contribution in [0.4, 0.5) is 11.5 Å². The van der Waals surface area contributed by atoms with Crippen LogP contribution in [-0.4, -0.2) is 17.5 Å². The molecule has 1 aromatic heterocycles. The summed E-state index contributed by atoms with van der Waals surface area (Å²) in [7, 11) is 0. The molecule has 3 N–H and O–H groups in total. The summed E-state index contributed by atoms with van der Waals surface area (Å²) in [5.41, 5.74) is 7.09. The molecule has 104 valence electrons. The van der Waals surface area contributed by atoms with E-state index in [0.29, 0.717) is 17.3 Å². The van der Waals surface area contributed by atoms with Crippen LogP contribution in [0, 0.1) is 6.92 Å². The van der Waals surface area contributed by atoms with E-state index in [1.54, 1.807) is 30.5 Å². The summed E-state index contributed by atoms with van der Waals surface area (Å²) in [6.07, 6.45) is 1.62. The number of nitrogen functional groups attached to an aromatic ring is 1. The van der Waals surface area contributed by atoms with Gasteiger partial charge in [0.15, 0.2) is 6.61 Å². The number of pyridine rings is 1. The summed E-state index contributed by atoms with van der Waals surface area (Å²) in [4.78, 5) is 15.9. The Morgan fingerprint density at radius 2 is 2.20 bits per heavy atom. The van der Waals surface area contributed by atoms with E-state index in [0.717, 1.165) is 10.0 Å². The first kappa shape index (κ1) is 14.3. The Kier molecular flexibility index (Phi) is 4.57. The molecule has 0 saturated carbocycles. The van der Waals surface area contributed by atoms with Gasteiger partial charge in [-0.1, -0.05) is 12.1 Å². The lowest BCUT2D eigenvalue weighted by molar-refractivity contribution is -0.118. The molecule has 0 saturated heterocycles. The van der Waals surface area contributed by atoms with Crippen molar-refractivity contribution in [1.82, 2.24) is 4.98 Å². The first-order chi connectivity index (χ1) is 9.56. The molecule has 2 rings (SSSR count). The molecule has 1 aromatic carbocycles. The highest BCUT2D eigenvalue weighted by molar-refractivity contribution is 9.10. The van der Waals surface area contributed by atoms with E-state index in [-0.39, 0.29) is 12.5 Å². The summed E-state index contributed by atoms with van der Waals surface area (Å²) in [5, 5.41) is 2.69. The van der Waals surface area contributed by atoms with Crippen molar-refractivity contribution in [2.45, 2.75) is 6.92 Å². The van der Waals surface area contributed by atoms with Crippen LogP contribution in [0.1, 0.15) is 5.56 Å². The average molecular weight is 336 g/mol. The van der Waals surface area contributed by atoms with Crippen molar-refractivity contribution in [3.63, 3.8) is 0 Å². The summed E-state index contributed by atoms with van der Waals surface area (Å²) in [6.45, 7) is 1.74. The number of nitrogens with one attached hydrogen (secondary N) is 1. The number of aromatic nitrogens is 1. The molecule has 1 amide bonds. The lowest BCUT2D eigenvalue weighted by Crippen LogP contribution is -2.21. The van der Waals surface area contributed by atoms with Crippen LogP contribution in [0.25, 0.3) is 0 Å². The Balaban J connectivity index is 1.94. The van der Waals surface area contributed by atoms with Crippen LogP contribution in [0.5, 0.6) is 5.75 Å². The fourth-order valence-electron chi connectivity index (χ4n) is 1.59. The van der Waals surface area contributed by atoms with Crippen molar-refractivity contribution in [2.24, 2.45) is 0 Å². The van der Waals surface area contributed by atoms with Gasteiger partial charge in [-0.2, -0.15) is 0 Å². The number of ether oxygens (including phenoxy) is 1. The lowest BCUT2D eigenvalue weighted by Gasteiger charge is -2.10. The molecule has 0 aliphatic heterocycles. The molecule has 0 fully saturated rings. The van der Waals surface area contributed by atoms with Crippen LogP contribution in [0.15, 0.2) is 41.0 Å². The van der Waals surface area contributed by atoms with Gasteiger partial charge in [0.05, 0.1) is 5.69 Å². The van der Waals surface area contributed by atoms with E-state index in [1.165, 1.54) is 0 Å². The number of carbonyl (C=O) groups excluding carboxylic acids is 1. The van der Waals surface area contributed by atoms with Gasteiger partial charge in [-0.15, -0.1) is 0 Å². The zero-order chi connectivity index (χ0) is 14.5. The number of nitrogens with two attached hydrogens (primary N) is 1. The van der Waals surface area contributed by atoms with Gasteiger partial charge in [0.2, 0.25) is 0 Å². The Morgan fingerprint density at radius 3 is 2.90 bits per heavy atom. The first-order valence-electron chi connectivity index (χ1n) is 5.95. The van der Waals surface area contributed by atoms with E-state index in [9.17, 15) is 4.79 Å². The van der Waals surface area contributed by atoms with Crippen LogP contribution >= 0.6 is 15.9 Å². The van der Waals surface area contributed by atoms with E-state index >= 15 is 0 Å². The summed E-state index contributed by atoms with van der Waals surface area (Å²) in [5.74, 6) is 0.720. The van der Waals surface area contributed by atoms with Crippen molar-refractivity contribution in [1.29, 1.82) is 0 Å². The second-order valence-corrected chi connectivity index (χ2v) is 5.11. The molecular formula is C14H14BrN3O2. The number of carbonyl (C=O) groups is 1. The van der Waals surface area contributed by atoms with Crippen LogP contribution in [0.2, 0.25) is 0 Å². The zero-order valence-electron chi connectivity index (χ0n) is 10.9. The minimum atomic E-state index is -0.286. The second-order valence-electron chi connectivity index (χ2n) is 4.19. The maximum absolute atomic E-state index is 11.8. The standard InChI is InChI=1S/C14H14BrN3O2/c1-9-6-10(15)7-17-14(9)18-13(19)8-20-12-5-3-2-4-11(12)16/h2-7H,8,16H2,1H3,(H,17,18,19). The molecule has 5 nitrogen and oxygen atoms in total. The van der Waals surface area contributed by atoms with Gasteiger partial charge in [0.25, 0.3) is 5.91 Å². The highest BCUT2D eigenvalue weighted by atomic mass is 79.9. The largest absolute Gasteiger partial charge is 0.482 e. The third-order valence-electron chi connectivity index (χ3n) is 2.58. The van der Waals surface area contributed by atoms with E-state index in [4.69, 9.17) is 10.5 Å². The molecule has 0 unspecified atom stereocenters. The van der Waals surface area contributed by atoms with Gasteiger partial charge >= 0.3 is 0 Å². The number of anilines is 2. The highest BCUT2D eigenvalue weighted by Gasteiger charge is 2.08. The fraction of sp³-hybridized carbons (Fsp3) is 0.143. The number of hydrogen-bond donors (Lipinski definition) is 2. The van der Waals surface area contributed by atoms with Crippen molar-refractivity contribution >= 4 is 33.3 Å². The second kappa shape index (κ2) is 6.38. The first-order valence-corrected chi connectivity index (χ1v) is 6.75. The topological polar surface area (TPSA) is 77.2 Å². The predicted molar refractivity (Wildman–Crippen MR) is 81.7 cm³/mol. The fourth-order valence-corrected chi connectivity index (χ4v) is 2.04. The van der Waals surface area contributed by atoms with Gasteiger partial charge in [-0.05, 0) is 46.6 Å². The van der Waals surface area contributed by atoms with Crippen LogP contribution in [0.3, 0.4) is 0 Å². The number of halogens is 1. The maximum atomic E-state index is 11.8. The minimum Gasteiger partial charge on any atom is -0.482 e. The van der Waals surface area contributed by atoms with Crippen LogP contribution in [-0.2, 0) is 4.79 Å². The highest BCUT2D eigenvalue weighted by Crippen LogP contribution is 2.20. The number of aryl methyl sites for hydroxylation is 1. The van der Waals surface area contributed by atoms with E-state index in [2.05, 4.69) is 26.2 Å². The number of benzene rings is 1. The smallest absolute Gasteiger partial charge is 0.263 e. The quantitative estimate of drug-likeness (QED) is 0.842. The van der Waals surface area contributed by atoms with Gasteiger partial charge in [-0.25, -0.2) is 4.98 Å². The molecular weight excluding hydrogens is 322 g/mol. The third kappa shape index (κ3) is 3.71. The monoisotopic (exact) mass is 335 g/mol. The summed E-state index contributed by atoms with van der Waals surface area (Å²) >= 11 is 3.32. The molecule has 0 bridgehead atoms. The third-order valence-corrected chi connectivity index (χ3v) is 3.01. The molecule has 0 radical (unpaired) electrons. The Bertz CT molecular complexity index is 632. The van der Waals surface area contributed by atoms with Gasteiger partial charge < -0.3 is 15.8 Å². The number of nitrogens with zero attached hydrogens (tertiary/aromatic N) is 1. The zero-order valence-corrected chi connectivity index (χ0v) is 12.5. The molecule has 0 aliphatic rings. The summed E-state index contributed by atoms with van der Waals surface area (Å²) < 4.78 is 6.22. The molecule has 2 aromatic rings. The van der Waals surface area contributed by atoms with Crippen molar-refractivity contribution in [2.75, 3.05) is 17.7 Å². The molecule has 6 heteroatoms. The van der Waals surface area contributed by atoms with E-state index in [1.807, 2.05) is 13.0 Å². The predicted octanol–water partition coefficient (Wildman–Crippen LogP) is 2.75. The SMILES string of the molecule is Cc1cc(Br)cnc1NC(=O)COc1ccccc1N. The van der Waals surface area contributed by atoms with Crippen molar-refractivity contribution in [3.8, 4) is 5.75 Å². The molecule has 1 heterocycles. The minimum absolute atomic E-state index is 0.120. The summed E-state index contributed by atoms with van der Waals surface area (Å²) in [6, 6.07) is 8.90. The Hall–Kier alpha value is -2.08. The van der Waals surface area contributed by atoms with Crippen molar-refractivity contribution in [3.05, 3.63) is 46.6 Å². The number of rotatable bonds is 4. The lowest BCUT2D eigenvalue weighted by atomic mass is 10.3. The Labute approximate surface area is 125 Å². The number of para-hydroxylation sites is 2. The average Bonchev–Trinajstić information content (AvgIpc) is 2.41. The van der Waals surface area contributed by atoms with Crippen molar-refractivity contribution < 1.29 is 9.53 Å². The van der Waals surface area contributed by atoms with Gasteiger partial charge in [0, 0.05) is 10.7 Å².